The van der Waals surface area contributed by atoms with E-state index < -0.39 is 0 Å². The first-order valence-corrected chi connectivity index (χ1v) is 4.05. The van der Waals surface area contributed by atoms with Gasteiger partial charge in [0, 0.05) is 0 Å². The minimum absolute atomic E-state index is 0.375. The molecule has 0 aromatic heterocycles. The number of nitrogens with two attached hydrogens (primary N) is 1. The number of carbonyl (C=O) groups excluding carboxylic acids is 1. The molecular weight excluding hydrogens is 166 g/mol. The van der Waals surface area contributed by atoms with Gasteiger partial charge in [-0.05, 0) is 18.5 Å². The van der Waals surface area contributed by atoms with E-state index in [4.69, 9.17) is 10.5 Å². The van der Waals surface area contributed by atoms with Gasteiger partial charge in [-0.25, -0.2) is 0 Å². The van der Waals surface area contributed by atoms with Gasteiger partial charge in [0.1, 0.15) is 0 Å². The van der Waals surface area contributed by atoms with Gasteiger partial charge >= 0.3 is 0 Å². The highest BCUT2D eigenvalue weighted by Crippen LogP contribution is 1.96. The van der Waals surface area contributed by atoms with E-state index in [1.54, 1.807) is 0 Å². The predicted molar refractivity (Wildman–Crippen MR) is 52.3 cm³/mol. The lowest BCUT2D eigenvalue weighted by Crippen LogP contribution is -2.01. The highest BCUT2D eigenvalue weighted by atomic mass is 16.5. The third-order valence-corrected chi connectivity index (χ3v) is 1.37. The number of hydrogen-bond acceptors (Lipinski definition) is 3. The highest BCUT2D eigenvalue weighted by molar-refractivity contribution is 5.36. The zero-order chi connectivity index (χ0) is 9.94. The summed E-state index contributed by atoms with van der Waals surface area (Å²) in [7, 11) is 1.31. The molecular formula is C10H15NO2. The average molecular weight is 181 g/mol. The summed E-state index contributed by atoms with van der Waals surface area (Å²) >= 11 is 0. The summed E-state index contributed by atoms with van der Waals surface area (Å²) in [5.41, 5.74) is 6.68. The molecule has 0 atom stereocenters. The van der Waals surface area contributed by atoms with Crippen molar-refractivity contribution in [3.8, 4) is 0 Å². The molecule has 1 aromatic rings. The number of benzene rings is 1. The summed E-state index contributed by atoms with van der Waals surface area (Å²) < 4.78 is 3.86. The summed E-state index contributed by atoms with van der Waals surface area (Å²) in [4.78, 5) is 8.95. The van der Waals surface area contributed by atoms with Crippen LogP contribution in [0.15, 0.2) is 30.3 Å². The van der Waals surface area contributed by atoms with E-state index in [1.807, 2.05) is 18.2 Å². The molecule has 0 heterocycles. The monoisotopic (exact) mass is 181 g/mol. The van der Waals surface area contributed by atoms with Crippen molar-refractivity contribution in [1.29, 1.82) is 0 Å². The number of carbonyl (C=O) groups is 1. The molecule has 0 aliphatic heterocycles. The second-order valence-electron chi connectivity index (χ2n) is 2.36. The molecule has 3 heteroatoms. The van der Waals surface area contributed by atoms with Crippen LogP contribution >= 0.6 is 0 Å². The second-order valence-corrected chi connectivity index (χ2v) is 2.36. The smallest absolute Gasteiger partial charge is 0.292 e. The Morgan fingerprint density at radius 2 is 1.92 bits per heavy atom. The molecule has 0 amide bonds. The Morgan fingerprint density at radius 3 is 2.31 bits per heavy atom. The fraction of sp³-hybridized carbons (Fsp3) is 0.300. The fourth-order valence-electron chi connectivity index (χ4n) is 0.811. The van der Waals surface area contributed by atoms with Crippen LogP contribution in [0.4, 0.5) is 0 Å². The van der Waals surface area contributed by atoms with E-state index >= 15 is 0 Å². The minimum Gasteiger partial charge on any atom is -0.471 e. The third kappa shape index (κ3) is 7.03. The molecule has 0 unspecified atom stereocenters. The first-order chi connectivity index (χ1) is 6.35. The molecule has 72 valence electrons. The van der Waals surface area contributed by atoms with E-state index in [2.05, 4.69) is 16.9 Å². The summed E-state index contributed by atoms with van der Waals surface area (Å²) in [6, 6.07) is 10.3. The molecule has 0 aliphatic carbocycles. The first-order valence-electron chi connectivity index (χ1n) is 4.05. The molecule has 13 heavy (non-hydrogen) atoms. The zero-order valence-corrected chi connectivity index (χ0v) is 7.77. The van der Waals surface area contributed by atoms with Crippen LogP contribution in [-0.2, 0) is 16.0 Å². The first kappa shape index (κ1) is 11.6. The Kier molecular flexibility index (Phi) is 7.84. The Morgan fingerprint density at radius 1 is 1.38 bits per heavy atom. The van der Waals surface area contributed by atoms with E-state index in [9.17, 15) is 0 Å². The summed E-state index contributed by atoms with van der Waals surface area (Å²) in [6.45, 7) is 1.12. The van der Waals surface area contributed by atoms with Gasteiger partial charge in [-0.1, -0.05) is 30.3 Å². The lowest BCUT2D eigenvalue weighted by molar-refractivity contribution is -0.126. The SMILES string of the molecule is COC=O.NCCc1ccccc1. The van der Waals surface area contributed by atoms with E-state index in [0.717, 1.165) is 13.0 Å². The molecule has 0 saturated carbocycles. The van der Waals surface area contributed by atoms with E-state index in [1.165, 1.54) is 12.7 Å². The summed E-state index contributed by atoms with van der Waals surface area (Å²) in [6.07, 6.45) is 0.987. The van der Waals surface area contributed by atoms with Crippen molar-refractivity contribution in [1.82, 2.24) is 0 Å². The van der Waals surface area contributed by atoms with Gasteiger partial charge in [0.15, 0.2) is 0 Å². The zero-order valence-electron chi connectivity index (χ0n) is 7.77. The van der Waals surface area contributed by atoms with Crippen molar-refractivity contribution < 1.29 is 9.53 Å². The van der Waals surface area contributed by atoms with Gasteiger partial charge in [0.2, 0.25) is 0 Å². The normalized spacial score (nSPS) is 8.15. The van der Waals surface area contributed by atoms with Crippen molar-refractivity contribution in [3.05, 3.63) is 35.9 Å². The molecule has 0 aliphatic rings. The predicted octanol–water partition coefficient (Wildman–Crippen LogP) is 0.977. The standard InChI is InChI=1S/C8H11N.C2H4O2/c9-7-6-8-4-2-1-3-5-8;1-4-2-3/h1-5H,6-7,9H2;2H,1H3. The minimum atomic E-state index is 0.375. The largest absolute Gasteiger partial charge is 0.471 e. The number of hydrogen-bond donors (Lipinski definition) is 1. The molecule has 1 rings (SSSR count). The molecule has 0 radical (unpaired) electrons. The maximum atomic E-state index is 8.95. The van der Waals surface area contributed by atoms with Crippen LogP contribution in [-0.4, -0.2) is 20.1 Å². The van der Waals surface area contributed by atoms with Gasteiger partial charge < -0.3 is 10.5 Å². The number of rotatable bonds is 3. The molecule has 0 bridgehead atoms. The second kappa shape index (κ2) is 8.74. The lowest BCUT2D eigenvalue weighted by atomic mass is 10.2. The van der Waals surface area contributed by atoms with Gasteiger partial charge in [-0.3, -0.25) is 4.79 Å². The highest BCUT2D eigenvalue weighted by Gasteiger charge is 1.84. The van der Waals surface area contributed by atoms with Gasteiger partial charge in [0.05, 0.1) is 7.11 Å². The number of ether oxygens (including phenoxy) is 1. The van der Waals surface area contributed by atoms with Crippen LogP contribution in [0.5, 0.6) is 0 Å². The Bertz CT molecular complexity index is 211. The van der Waals surface area contributed by atoms with Crippen molar-refractivity contribution in [3.63, 3.8) is 0 Å². The molecule has 0 saturated heterocycles. The van der Waals surface area contributed by atoms with Crippen LogP contribution in [0.25, 0.3) is 0 Å². The van der Waals surface area contributed by atoms with Crippen LogP contribution in [0.3, 0.4) is 0 Å². The topological polar surface area (TPSA) is 52.3 Å². The van der Waals surface area contributed by atoms with Crippen LogP contribution < -0.4 is 5.73 Å². The lowest BCUT2D eigenvalue weighted by Gasteiger charge is -1.93. The summed E-state index contributed by atoms with van der Waals surface area (Å²) in [5.74, 6) is 0. The van der Waals surface area contributed by atoms with Gasteiger partial charge in [-0.2, -0.15) is 0 Å². The van der Waals surface area contributed by atoms with Crippen LogP contribution in [0.1, 0.15) is 5.56 Å². The average Bonchev–Trinajstić information content (AvgIpc) is 2.20. The van der Waals surface area contributed by atoms with Crippen molar-refractivity contribution >= 4 is 6.47 Å². The van der Waals surface area contributed by atoms with E-state index in [-0.39, 0.29) is 0 Å². The van der Waals surface area contributed by atoms with Crippen molar-refractivity contribution in [2.45, 2.75) is 6.42 Å². The molecule has 2 N–H and O–H groups in total. The third-order valence-electron chi connectivity index (χ3n) is 1.37. The molecule has 1 aromatic carbocycles. The molecule has 0 fully saturated rings. The van der Waals surface area contributed by atoms with Gasteiger partial charge in [0.25, 0.3) is 6.47 Å². The Balaban J connectivity index is 0.000000310. The van der Waals surface area contributed by atoms with Crippen molar-refractivity contribution in [2.75, 3.05) is 13.7 Å². The fourth-order valence-corrected chi connectivity index (χ4v) is 0.811. The quantitative estimate of drug-likeness (QED) is 0.707. The maximum Gasteiger partial charge on any atom is 0.292 e. The Hall–Kier alpha value is -1.35. The number of methoxy groups -OCH3 is 1. The van der Waals surface area contributed by atoms with Crippen LogP contribution in [0.2, 0.25) is 0 Å². The van der Waals surface area contributed by atoms with Gasteiger partial charge in [-0.15, -0.1) is 0 Å². The maximum absolute atomic E-state index is 8.95. The Labute approximate surface area is 78.5 Å². The summed E-state index contributed by atoms with van der Waals surface area (Å²) in [5, 5.41) is 0. The van der Waals surface area contributed by atoms with Crippen molar-refractivity contribution in [2.24, 2.45) is 5.73 Å². The molecule has 0 spiro atoms. The molecule has 3 nitrogen and oxygen atoms in total. The van der Waals surface area contributed by atoms with Crippen LogP contribution in [0, 0.1) is 0 Å². The van der Waals surface area contributed by atoms with E-state index in [0.29, 0.717) is 6.47 Å².